The van der Waals surface area contributed by atoms with Crippen LogP contribution < -0.4 is 5.32 Å². The van der Waals surface area contributed by atoms with Crippen molar-refractivity contribution in [3.8, 4) is 11.5 Å². The lowest BCUT2D eigenvalue weighted by atomic mass is 10.2. The maximum absolute atomic E-state index is 14.3. The molecule has 0 bridgehead atoms. The number of pyridine rings is 1. The first-order valence-electron chi connectivity index (χ1n) is 9.60. The van der Waals surface area contributed by atoms with Crippen molar-refractivity contribution in [2.45, 2.75) is 84.5 Å². The van der Waals surface area contributed by atoms with Gasteiger partial charge in [0.2, 0.25) is 0 Å². The number of amides is 1. The first-order chi connectivity index (χ1) is 12.7. The quantitative estimate of drug-likeness (QED) is 0.327. The number of carbonyl (C=O) groups is 1. The molecule has 0 atom stereocenters. The van der Waals surface area contributed by atoms with Crippen molar-refractivity contribution in [2.24, 2.45) is 0 Å². The Morgan fingerprint density at radius 2 is 1.68 bits per heavy atom. The fourth-order valence-corrected chi connectivity index (χ4v) is 9.08. The third-order valence-electron chi connectivity index (χ3n) is 4.83. The van der Waals surface area contributed by atoms with Gasteiger partial charge in [-0.25, -0.2) is 14.2 Å². The highest BCUT2D eigenvalue weighted by atomic mass is 35.5. The Morgan fingerprint density at radius 1 is 1.18 bits per heavy atom. The first-order valence-corrected chi connectivity index (χ1v) is 12.2. The largest absolute Gasteiger partial charge is 0.444 e. The highest BCUT2D eigenvalue weighted by molar-refractivity contribution is 6.90. The van der Waals surface area contributed by atoms with Gasteiger partial charge in [0.1, 0.15) is 19.4 Å². The molecule has 1 aromatic rings. The summed E-state index contributed by atoms with van der Waals surface area (Å²) < 4.78 is 19.5. The van der Waals surface area contributed by atoms with Gasteiger partial charge in [-0.3, -0.25) is 5.32 Å². The Morgan fingerprint density at radius 3 is 2.11 bits per heavy atom. The molecule has 0 radical (unpaired) electrons. The Hall–Kier alpha value is -1.58. The van der Waals surface area contributed by atoms with E-state index in [1.54, 1.807) is 20.8 Å². The normalized spacial score (nSPS) is 12.2. The van der Waals surface area contributed by atoms with Gasteiger partial charge in [0.05, 0.1) is 5.69 Å². The van der Waals surface area contributed by atoms with Crippen LogP contribution in [-0.2, 0) is 4.74 Å². The molecule has 0 fully saturated rings. The van der Waals surface area contributed by atoms with Gasteiger partial charge in [0.15, 0.2) is 11.0 Å². The summed E-state index contributed by atoms with van der Waals surface area (Å²) >= 11 is 5.94. The van der Waals surface area contributed by atoms with E-state index in [4.69, 9.17) is 16.3 Å². The molecular formula is C21H32ClFN2O2Si. The molecule has 1 heterocycles. The minimum atomic E-state index is -1.97. The van der Waals surface area contributed by atoms with Gasteiger partial charge in [-0.05, 0) is 43.5 Å². The van der Waals surface area contributed by atoms with Gasteiger partial charge < -0.3 is 4.74 Å². The van der Waals surface area contributed by atoms with Crippen molar-refractivity contribution < 1.29 is 13.9 Å². The number of ether oxygens (including phenoxy) is 1. The molecule has 4 nitrogen and oxygen atoms in total. The Kier molecular flexibility index (Phi) is 8.10. The molecule has 156 valence electrons. The Bertz CT molecular complexity index is 755. The fourth-order valence-electron chi connectivity index (χ4n) is 3.67. The molecule has 1 N–H and O–H groups in total. The number of anilines is 1. The molecule has 28 heavy (non-hydrogen) atoms. The van der Waals surface area contributed by atoms with Crippen molar-refractivity contribution in [2.75, 3.05) is 5.32 Å². The van der Waals surface area contributed by atoms with Gasteiger partial charge in [-0.2, -0.15) is 0 Å². The molecule has 7 heteroatoms. The number of hydrogen-bond acceptors (Lipinski definition) is 3. The zero-order valence-electron chi connectivity index (χ0n) is 18.3. The van der Waals surface area contributed by atoms with Gasteiger partial charge in [-0.1, -0.05) is 59.1 Å². The van der Waals surface area contributed by atoms with Gasteiger partial charge in [-0.15, -0.1) is 5.54 Å². The third kappa shape index (κ3) is 5.96. The molecule has 0 unspecified atom stereocenters. The summed E-state index contributed by atoms with van der Waals surface area (Å²) in [6.07, 6.45) is -0.761. The monoisotopic (exact) mass is 426 g/mol. The zero-order chi connectivity index (χ0) is 21.9. The zero-order valence-corrected chi connectivity index (χ0v) is 20.1. The van der Waals surface area contributed by atoms with Crippen LogP contribution in [0.5, 0.6) is 0 Å². The van der Waals surface area contributed by atoms with Crippen LogP contribution in [0.3, 0.4) is 0 Å². The molecule has 0 saturated heterocycles. The predicted molar refractivity (Wildman–Crippen MR) is 117 cm³/mol. The maximum atomic E-state index is 14.3. The van der Waals surface area contributed by atoms with E-state index in [9.17, 15) is 9.18 Å². The van der Waals surface area contributed by atoms with E-state index < -0.39 is 25.6 Å². The van der Waals surface area contributed by atoms with Gasteiger partial charge >= 0.3 is 6.09 Å². The summed E-state index contributed by atoms with van der Waals surface area (Å²) in [5.74, 6) is 2.31. The van der Waals surface area contributed by atoms with E-state index in [2.05, 4.69) is 63.3 Å². The molecule has 0 spiro atoms. The minimum absolute atomic E-state index is 0.0931. The van der Waals surface area contributed by atoms with Crippen LogP contribution >= 0.6 is 11.6 Å². The first kappa shape index (κ1) is 24.5. The molecule has 1 rings (SSSR count). The minimum Gasteiger partial charge on any atom is -0.444 e. The molecule has 0 aliphatic rings. The van der Waals surface area contributed by atoms with E-state index in [0.717, 1.165) is 0 Å². The maximum Gasteiger partial charge on any atom is 0.412 e. The van der Waals surface area contributed by atoms with Gasteiger partial charge in [0, 0.05) is 0 Å². The molecule has 0 aromatic carbocycles. The molecule has 0 saturated carbocycles. The van der Waals surface area contributed by atoms with Crippen LogP contribution in [0.15, 0.2) is 6.07 Å². The Balaban J connectivity index is 3.33. The van der Waals surface area contributed by atoms with E-state index in [1.165, 1.54) is 6.07 Å². The summed E-state index contributed by atoms with van der Waals surface area (Å²) in [5.41, 5.74) is 4.42. The average Bonchev–Trinajstić information content (AvgIpc) is 2.49. The van der Waals surface area contributed by atoms with E-state index in [1.807, 2.05) is 0 Å². The highest BCUT2D eigenvalue weighted by Gasteiger charge is 2.41. The smallest absolute Gasteiger partial charge is 0.412 e. The van der Waals surface area contributed by atoms with Crippen molar-refractivity contribution in [1.29, 1.82) is 0 Å². The van der Waals surface area contributed by atoms with E-state index >= 15 is 0 Å². The second-order valence-electron chi connectivity index (χ2n) is 8.93. The number of halogens is 2. The van der Waals surface area contributed by atoms with Crippen molar-refractivity contribution in [3.05, 3.63) is 22.7 Å². The predicted octanol–water partition coefficient (Wildman–Crippen LogP) is 6.79. The van der Waals surface area contributed by atoms with Gasteiger partial charge in [0.25, 0.3) is 0 Å². The summed E-state index contributed by atoms with van der Waals surface area (Å²) in [4.78, 5) is 16.0. The topological polar surface area (TPSA) is 51.2 Å². The highest BCUT2D eigenvalue weighted by Crippen LogP contribution is 2.40. The Labute approximate surface area is 174 Å². The van der Waals surface area contributed by atoms with Crippen LogP contribution in [0.2, 0.25) is 21.8 Å². The average molecular weight is 427 g/mol. The second kappa shape index (κ2) is 9.28. The van der Waals surface area contributed by atoms with Crippen LogP contribution in [0.4, 0.5) is 14.9 Å². The van der Waals surface area contributed by atoms with Crippen LogP contribution in [0.25, 0.3) is 0 Å². The summed E-state index contributed by atoms with van der Waals surface area (Å²) in [6, 6.07) is 1.40. The SMILES string of the molecule is CC(C)[Si](C#Cc1cc(NC(=O)OC(C)(C)C)c(F)c(Cl)n1)(C(C)C)C(C)C. The molecule has 0 aliphatic carbocycles. The van der Waals surface area contributed by atoms with Crippen molar-refractivity contribution >= 4 is 31.5 Å². The molecule has 0 aliphatic heterocycles. The number of nitrogens with zero attached hydrogens (tertiary/aromatic N) is 1. The summed E-state index contributed by atoms with van der Waals surface area (Å²) in [7, 11) is -1.97. The van der Waals surface area contributed by atoms with E-state index in [0.29, 0.717) is 22.3 Å². The second-order valence-corrected chi connectivity index (χ2v) is 14.9. The lowest BCUT2D eigenvalue weighted by Crippen LogP contribution is -2.43. The van der Waals surface area contributed by atoms with E-state index in [-0.39, 0.29) is 10.8 Å². The number of aromatic nitrogens is 1. The summed E-state index contributed by atoms with van der Waals surface area (Å²) in [5, 5.41) is 2.07. The number of nitrogens with one attached hydrogen (secondary N) is 1. The van der Waals surface area contributed by atoms with Crippen LogP contribution in [-0.4, -0.2) is 24.8 Å². The van der Waals surface area contributed by atoms with Crippen LogP contribution in [0.1, 0.15) is 68.0 Å². The molecule has 1 aromatic heterocycles. The third-order valence-corrected chi connectivity index (χ3v) is 11.4. The number of rotatable bonds is 4. The summed E-state index contributed by atoms with van der Waals surface area (Å²) in [6.45, 7) is 18.4. The molecule has 1 amide bonds. The lowest BCUT2D eigenvalue weighted by molar-refractivity contribution is 0.0635. The number of hydrogen-bond donors (Lipinski definition) is 1. The van der Waals surface area contributed by atoms with Crippen molar-refractivity contribution in [1.82, 2.24) is 4.98 Å². The molecular weight excluding hydrogens is 395 g/mol. The lowest BCUT2D eigenvalue weighted by Gasteiger charge is -2.38. The standard InChI is InChI=1S/C21H32ClFN2O2Si/c1-13(2)28(14(3)4,15(5)6)11-10-16-12-17(18(23)19(22)24-16)25-20(26)27-21(7,8)9/h12-15H,1-9H3,(H,24,25,26). The van der Waals surface area contributed by atoms with Crippen LogP contribution in [0, 0.1) is 17.3 Å². The fraction of sp³-hybridized carbons (Fsp3) is 0.619. The number of carbonyl (C=O) groups excluding carboxylic acids is 1. The van der Waals surface area contributed by atoms with Crippen molar-refractivity contribution in [3.63, 3.8) is 0 Å².